The van der Waals surface area contributed by atoms with E-state index >= 15 is 0 Å². The van der Waals surface area contributed by atoms with Crippen molar-refractivity contribution in [2.24, 2.45) is 5.73 Å². The fraction of sp³-hybridized carbons (Fsp3) is 1.00. The minimum Gasteiger partial charge on any atom is -1.00 e. The number of halogens is 1. The van der Waals surface area contributed by atoms with Gasteiger partial charge in [-0.1, -0.05) is 0 Å². The van der Waals surface area contributed by atoms with E-state index in [2.05, 4.69) is 4.52 Å². The average Bonchev–Trinajstić information content (AvgIpc) is 2.00. The first-order chi connectivity index (χ1) is 6.62. The molecule has 16 heavy (non-hydrogen) atoms. The molecule has 0 amide bonds. The fourth-order valence-electron chi connectivity index (χ4n) is 0.434. The van der Waals surface area contributed by atoms with Crippen molar-refractivity contribution in [2.75, 3.05) is 47.4 Å². The average molecular weight is 281 g/mol. The molecule has 9 heteroatoms. The van der Waals surface area contributed by atoms with Crippen LogP contribution in [0.4, 0.5) is 0 Å². The topological polar surface area (TPSA) is 113 Å². The zero-order chi connectivity index (χ0) is 12.5. The van der Waals surface area contributed by atoms with Crippen molar-refractivity contribution in [1.82, 2.24) is 0 Å². The van der Waals surface area contributed by atoms with Gasteiger partial charge in [0.2, 0.25) is 0 Å². The maximum atomic E-state index is 10.2. The molecule has 0 aliphatic heterocycles. The number of aliphatic hydroxyl groups excluding tert-OH is 1. The molecule has 0 aromatic carbocycles. The van der Waals surface area contributed by atoms with Gasteiger partial charge in [-0.15, -0.1) is 0 Å². The van der Waals surface area contributed by atoms with Crippen LogP contribution in [0.1, 0.15) is 0 Å². The van der Waals surface area contributed by atoms with Gasteiger partial charge in [0.05, 0.1) is 27.7 Å². The van der Waals surface area contributed by atoms with Crippen LogP contribution < -0.4 is 18.1 Å². The van der Waals surface area contributed by atoms with Gasteiger partial charge >= 0.3 is 7.82 Å². The van der Waals surface area contributed by atoms with Crippen LogP contribution in [0.5, 0.6) is 0 Å². The monoisotopic (exact) mass is 280 g/mol. The highest BCUT2D eigenvalue weighted by atomic mass is 35.5. The van der Waals surface area contributed by atoms with Gasteiger partial charge < -0.3 is 37.5 Å². The number of phosphoric ester groups is 1. The van der Waals surface area contributed by atoms with Crippen molar-refractivity contribution in [3.63, 3.8) is 0 Å². The molecule has 0 rings (SSSR count). The summed E-state index contributed by atoms with van der Waals surface area (Å²) < 4.78 is 15.1. The number of nitrogens with two attached hydrogens (primary N) is 1. The lowest BCUT2D eigenvalue weighted by molar-refractivity contribution is -0.870. The highest BCUT2D eigenvalue weighted by molar-refractivity contribution is 7.46. The molecule has 0 aliphatic carbocycles. The number of quaternary nitrogens is 1. The van der Waals surface area contributed by atoms with Gasteiger partial charge in [0.1, 0.15) is 13.2 Å². The maximum Gasteiger partial charge on any atom is 0.469 e. The second-order valence-electron chi connectivity index (χ2n) is 3.85. The molecular formula is C7H22ClN2O5P. The molecule has 0 bridgehead atoms. The molecule has 0 heterocycles. The van der Waals surface area contributed by atoms with E-state index in [4.69, 9.17) is 20.6 Å². The largest absolute Gasteiger partial charge is 1.00 e. The lowest BCUT2D eigenvalue weighted by atomic mass is 10.5. The standard InChI is InChI=1S/C5H14NO4P.C2H7NO.ClH/c1-6(2,3)4-5-10-11(7,8)9;3-1-2-4;/h4-5H2,1-3H3,(H-,7,8,9);4H,1-3H2;1H. The Bertz CT molecular complexity index is 192. The Labute approximate surface area is 102 Å². The van der Waals surface area contributed by atoms with E-state index < -0.39 is 7.82 Å². The fourth-order valence-corrected chi connectivity index (χ4v) is 0.753. The molecule has 0 saturated carbocycles. The van der Waals surface area contributed by atoms with Crippen LogP contribution in [0.25, 0.3) is 0 Å². The number of phosphoric acid groups is 1. The van der Waals surface area contributed by atoms with Crippen LogP contribution in [-0.4, -0.2) is 66.8 Å². The van der Waals surface area contributed by atoms with Crippen molar-refractivity contribution < 1.29 is 40.9 Å². The SMILES string of the molecule is C[N+](C)(C)CCOP(=O)(O)O.NCCO.[Cl-]. The van der Waals surface area contributed by atoms with E-state index in [1.807, 2.05) is 21.1 Å². The third-order valence-corrected chi connectivity index (χ3v) is 1.67. The molecule has 0 saturated heterocycles. The van der Waals surface area contributed by atoms with Crippen molar-refractivity contribution in [3.8, 4) is 0 Å². The second kappa shape index (κ2) is 10.4. The molecule has 0 aromatic rings. The minimum atomic E-state index is -4.26. The van der Waals surface area contributed by atoms with E-state index in [9.17, 15) is 4.57 Å². The predicted octanol–water partition coefficient (Wildman–Crippen LogP) is -4.26. The third kappa shape index (κ3) is 29.2. The quantitative estimate of drug-likeness (QED) is 0.300. The zero-order valence-corrected chi connectivity index (χ0v) is 11.5. The Morgan fingerprint density at radius 1 is 1.31 bits per heavy atom. The molecule has 102 valence electrons. The lowest BCUT2D eigenvalue weighted by Crippen LogP contribution is -3.00. The van der Waals surface area contributed by atoms with Gasteiger partial charge in [0, 0.05) is 6.54 Å². The maximum absolute atomic E-state index is 10.2. The Hall–Kier alpha value is 0.280. The lowest BCUT2D eigenvalue weighted by Gasteiger charge is -2.23. The summed E-state index contributed by atoms with van der Waals surface area (Å²) in [6, 6.07) is 0. The molecule has 0 aromatic heterocycles. The summed E-state index contributed by atoms with van der Waals surface area (Å²) in [5, 5.41) is 7.75. The van der Waals surface area contributed by atoms with E-state index in [1.54, 1.807) is 0 Å². The van der Waals surface area contributed by atoms with E-state index in [0.29, 0.717) is 17.6 Å². The van der Waals surface area contributed by atoms with Gasteiger partial charge in [-0.25, -0.2) is 4.57 Å². The summed E-state index contributed by atoms with van der Waals surface area (Å²) in [6.07, 6.45) is 0. The summed E-state index contributed by atoms with van der Waals surface area (Å²) in [7, 11) is 1.50. The van der Waals surface area contributed by atoms with Crippen molar-refractivity contribution in [1.29, 1.82) is 0 Å². The molecule has 7 nitrogen and oxygen atoms in total. The molecule has 0 atom stereocenters. The van der Waals surface area contributed by atoms with Crippen molar-refractivity contribution in [3.05, 3.63) is 0 Å². The van der Waals surface area contributed by atoms with E-state index in [0.717, 1.165) is 0 Å². The number of likely N-dealkylation sites (N-methyl/N-ethyl adjacent to an activating group) is 1. The Morgan fingerprint density at radius 2 is 1.69 bits per heavy atom. The zero-order valence-electron chi connectivity index (χ0n) is 9.84. The van der Waals surface area contributed by atoms with Crippen LogP contribution >= 0.6 is 7.82 Å². The summed E-state index contributed by atoms with van der Waals surface area (Å²) in [4.78, 5) is 16.6. The molecule has 0 spiro atoms. The molecule has 0 fully saturated rings. The minimum absolute atomic E-state index is 0. The number of rotatable bonds is 5. The van der Waals surface area contributed by atoms with Crippen LogP contribution in [0.2, 0.25) is 0 Å². The number of hydrogen-bond donors (Lipinski definition) is 4. The van der Waals surface area contributed by atoms with Crippen LogP contribution in [-0.2, 0) is 9.09 Å². The summed E-state index contributed by atoms with van der Waals surface area (Å²) in [5.41, 5.74) is 4.78. The number of hydrogen-bond acceptors (Lipinski definition) is 4. The van der Waals surface area contributed by atoms with Gasteiger partial charge in [0.25, 0.3) is 0 Å². The Balaban J connectivity index is -0.000000292. The summed E-state index contributed by atoms with van der Waals surface area (Å²) in [5.74, 6) is 0. The number of nitrogens with zero attached hydrogens (tertiary/aromatic N) is 1. The van der Waals surface area contributed by atoms with E-state index in [1.165, 1.54) is 0 Å². The Morgan fingerprint density at radius 3 is 1.88 bits per heavy atom. The van der Waals surface area contributed by atoms with Crippen LogP contribution in [0.15, 0.2) is 0 Å². The van der Waals surface area contributed by atoms with Gasteiger partial charge in [-0.2, -0.15) is 0 Å². The van der Waals surface area contributed by atoms with Crippen LogP contribution in [0, 0.1) is 0 Å². The normalized spacial score (nSPS) is 11.2. The third-order valence-electron chi connectivity index (χ3n) is 1.15. The smallest absolute Gasteiger partial charge is 0.469 e. The van der Waals surface area contributed by atoms with Gasteiger partial charge in [0.15, 0.2) is 0 Å². The first kappa shape index (κ1) is 21.6. The highest BCUT2D eigenvalue weighted by Gasteiger charge is 2.15. The molecular weight excluding hydrogens is 259 g/mol. The molecule has 0 aliphatic rings. The molecule has 0 radical (unpaired) electrons. The predicted molar refractivity (Wildman–Crippen MR) is 57.0 cm³/mol. The van der Waals surface area contributed by atoms with Gasteiger partial charge in [-0.3, -0.25) is 4.52 Å². The molecule has 0 unspecified atom stereocenters. The second-order valence-corrected chi connectivity index (χ2v) is 5.09. The summed E-state index contributed by atoms with van der Waals surface area (Å²) >= 11 is 0. The van der Waals surface area contributed by atoms with Crippen LogP contribution in [0.3, 0.4) is 0 Å². The highest BCUT2D eigenvalue weighted by Crippen LogP contribution is 2.35. The van der Waals surface area contributed by atoms with Gasteiger partial charge in [-0.05, 0) is 0 Å². The summed E-state index contributed by atoms with van der Waals surface area (Å²) in [6.45, 7) is 1.12. The van der Waals surface area contributed by atoms with E-state index in [-0.39, 0.29) is 25.6 Å². The first-order valence-corrected chi connectivity index (χ1v) is 5.97. The van der Waals surface area contributed by atoms with Crippen molar-refractivity contribution in [2.45, 2.75) is 0 Å². The first-order valence-electron chi connectivity index (χ1n) is 4.44. The Kier molecular flexibility index (Phi) is 14.1. The number of aliphatic hydroxyl groups is 1. The molecule has 5 N–H and O–H groups in total. The van der Waals surface area contributed by atoms with Crippen molar-refractivity contribution >= 4 is 7.82 Å².